The van der Waals surface area contributed by atoms with Gasteiger partial charge >= 0.3 is 7.12 Å². The number of nitrogens with zero attached hydrogens (tertiary/aromatic N) is 3. The first kappa shape index (κ1) is 32.1. The van der Waals surface area contributed by atoms with Gasteiger partial charge in [0.05, 0.1) is 33.1 Å². The summed E-state index contributed by atoms with van der Waals surface area (Å²) in [5.74, 6) is 1.64. The second kappa shape index (κ2) is 11.8. The van der Waals surface area contributed by atoms with Crippen LogP contribution in [0.15, 0.2) is 194 Å². The largest absolute Gasteiger partial charge is 0.633 e. The molecule has 9 aromatic carbocycles. The highest BCUT2D eigenvalue weighted by atomic mass is 16.6. The van der Waals surface area contributed by atoms with E-state index in [2.05, 4.69) is 196 Å². The lowest BCUT2D eigenvalue weighted by atomic mass is 9.66. The molecule has 5 nitrogen and oxygen atoms in total. The van der Waals surface area contributed by atoms with Crippen molar-refractivity contribution in [3.05, 3.63) is 194 Å². The molecule has 0 atom stereocenters. The topological polar surface area (TPSA) is 33.2 Å². The Hall–Kier alpha value is -7.96. The maximum Gasteiger partial charge on any atom is 0.633 e. The van der Waals surface area contributed by atoms with Crippen LogP contribution >= 0.6 is 0 Å². The van der Waals surface area contributed by atoms with Crippen LogP contribution < -0.4 is 14.8 Å². The van der Waals surface area contributed by atoms with Gasteiger partial charge in [-0.05, 0) is 77.9 Å². The Morgan fingerprint density at radius 2 is 0.667 bits per heavy atom. The van der Waals surface area contributed by atoms with Crippen LogP contribution in [0.3, 0.4) is 0 Å². The molecule has 0 radical (unpaired) electrons. The van der Waals surface area contributed by atoms with Crippen LogP contribution in [0.25, 0.3) is 105 Å². The summed E-state index contributed by atoms with van der Waals surface area (Å²) in [5.41, 5.74) is 15.8. The Morgan fingerprint density at radius 1 is 0.317 bits per heavy atom. The molecule has 6 heteroatoms. The van der Waals surface area contributed by atoms with Crippen molar-refractivity contribution in [1.29, 1.82) is 0 Å². The van der Waals surface area contributed by atoms with Crippen molar-refractivity contribution in [1.82, 2.24) is 13.7 Å². The van der Waals surface area contributed by atoms with E-state index in [1.165, 1.54) is 59.9 Å². The van der Waals surface area contributed by atoms with Gasteiger partial charge < -0.3 is 23.0 Å². The summed E-state index contributed by atoms with van der Waals surface area (Å²) in [6.45, 7) is 0. The van der Waals surface area contributed by atoms with Gasteiger partial charge in [-0.15, -0.1) is 0 Å². The van der Waals surface area contributed by atoms with Crippen LogP contribution in [0, 0.1) is 0 Å². The highest BCUT2D eigenvalue weighted by molar-refractivity contribution is 6.68. The summed E-state index contributed by atoms with van der Waals surface area (Å²) < 4.78 is 20.8. The van der Waals surface area contributed by atoms with E-state index in [1.807, 2.05) is 12.1 Å². The number of rotatable bonds is 3. The summed E-state index contributed by atoms with van der Waals surface area (Å²) in [7, 11) is -0.552. The Bertz CT molecular complexity index is 3650. The second-order valence-electron chi connectivity index (χ2n) is 15.9. The number of hydrogen-bond acceptors (Lipinski definition) is 2. The van der Waals surface area contributed by atoms with Gasteiger partial charge in [-0.1, -0.05) is 127 Å². The van der Waals surface area contributed by atoms with Crippen molar-refractivity contribution in [2.45, 2.75) is 0 Å². The number of hydrogen-bond donors (Lipinski definition) is 0. The molecule has 0 fully saturated rings. The maximum atomic E-state index is 6.62. The van der Waals surface area contributed by atoms with Gasteiger partial charge in [-0.2, -0.15) is 0 Å². The van der Waals surface area contributed by atoms with E-state index in [4.69, 9.17) is 9.31 Å². The lowest BCUT2D eigenvalue weighted by Gasteiger charge is -2.32. The van der Waals surface area contributed by atoms with E-state index in [-0.39, 0.29) is 0 Å². The van der Waals surface area contributed by atoms with Crippen molar-refractivity contribution in [3.8, 4) is 50.8 Å². The van der Waals surface area contributed by atoms with Gasteiger partial charge in [-0.3, -0.25) is 0 Å². The molecule has 2 aliphatic heterocycles. The van der Waals surface area contributed by atoms with Crippen LogP contribution in [0.4, 0.5) is 0 Å². The molecule has 14 rings (SSSR count). The minimum Gasteiger partial charge on any atom is -0.521 e. The van der Waals surface area contributed by atoms with Crippen molar-refractivity contribution >= 4 is 78.0 Å². The molecule has 0 spiro atoms. The van der Waals surface area contributed by atoms with Crippen LogP contribution in [-0.4, -0.2) is 20.8 Å². The van der Waals surface area contributed by atoms with E-state index in [0.29, 0.717) is 0 Å². The molecular formula is C54H32BN3O2. The molecule has 0 aliphatic carbocycles. The quantitative estimate of drug-likeness (QED) is 0.168. The van der Waals surface area contributed by atoms with E-state index >= 15 is 0 Å². The zero-order valence-corrected chi connectivity index (χ0v) is 32.2. The lowest BCUT2D eigenvalue weighted by Crippen LogP contribution is -2.49. The van der Waals surface area contributed by atoms with Gasteiger partial charge in [0.1, 0.15) is 11.5 Å². The van der Waals surface area contributed by atoms with E-state index in [0.717, 1.165) is 61.8 Å². The first-order valence-electron chi connectivity index (χ1n) is 20.5. The van der Waals surface area contributed by atoms with E-state index in [9.17, 15) is 0 Å². The molecule has 5 heterocycles. The van der Waals surface area contributed by atoms with Crippen LogP contribution in [-0.2, 0) is 0 Å². The number of benzene rings is 9. The molecule has 2 aliphatic rings. The SMILES string of the molecule is c1ccc(-n2c3ccccc3c3c2c2c4ccccc4n(-c4cc5c6c(c4)-c4ccccc4OB6Oc4ccccc4-5)c2c2c4ccccc4n(-c4ccccc4)c32)cc1. The third kappa shape index (κ3) is 4.11. The minimum atomic E-state index is -0.552. The molecule has 278 valence electrons. The smallest absolute Gasteiger partial charge is 0.521 e. The van der Waals surface area contributed by atoms with Crippen molar-refractivity contribution in [2.24, 2.45) is 0 Å². The predicted octanol–water partition coefficient (Wildman–Crippen LogP) is 12.8. The molecule has 0 saturated heterocycles. The summed E-state index contributed by atoms with van der Waals surface area (Å²) in [4.78, 5) is 0. The molecule has 0 unspecified atom stereocenters. The minimum absolute atomic E-state index is 0.552. The fourth-order valence-electron chi connectivity index (χ4n) is 10.5. The summed E-state index contributed by atoms with van der Waals surface area (Å²) >= 11 is 0. The molecule has 0 N–H and O–H groups in total. The highest BCUT2D eigenvalue weighted by Gasteiger charge is 2.42. The molecule has 0 saturated carbocycles. The Kier molecular flexibility index (Phi) is 6.31. The summed E-state index contributed by atoms with van der Waals surface area (Å²) in [6, 6.07) is 70.0. The Labute approximate surface area is 344 Å². The van der Waals surface area contributed by atoms with Gasteiger partial charge in [-0.25, -0.2) is 0 Å². The van der Waals surface area contributed by atoms with Crippen molar-refractivity contribution in [3.63, 3.8) is 0 Å². The van der Waals surface area contributed by atoms with Crippen molar-refractivity contribution < 1.29 is 9.31 Å². The standard InChI is InChI=1S/C54H32BN3O2/c1-3-17-33(18-4-1)56-43-26-12-7-23-38(43)48-52-49(39-24-8-13-27-44(39)57(52)34-19-5-2-6-20-34)54-50(53(48)56)40-25-9-14-28-45(40)58(54)35-31-41-36-21-10-15-29-46(36)59-55-51(41)42(32-35)37-22-11-16-30-47(37)60-55/h1-32H. The number of aromatic nitrogens is 3. The fraction of sp³-hybridized carbons (Fsp3) is 0. The summed E-state index contributed by atoms with van der Waals surface area (Å²) in [6.07, 6.45) is 0. The molecule has 60 heavy (non-hydrogen) atoms. The Balaban J connectivity index is 1.27. The normalized spacial score (nSPS) is 12.9. The molecule has 12 aromatic rings. The molecular weight excluding hydrogens is 733 g/mol. The van der Waals surface area contributed by atoms with E-state index < -0.39 is 7.12 Å². The highest BCUT2D eigenvalue weighted by Crippen LogP contribution is 2.51. The van der Waals surface area contributed by atoms with Crippen LogP contribution in [0.2, 0.25) is 0 Å². The fourth-order valence-corrected chi connectivity index (χ4v) is 10.5. The third-order valence-electron chi connectivity index (χ3n) is 12.8. The third-order valence-corrected chi connectivity index (χ3v) is 12.8. The van der Waals surface area contributed by atoms with E-state index in [1.54, 1.807) is 0 Å². The molecule has 0 amide bonds. The first-order valence-corrected chi connectivity index (χ1v) is 20.5. The lowest BCUT2D eigenvalue weighted by molar-refractivity contribution is 0.436. The van der Waals surface area contributed by atoms with Crippen molar-refractivity contribution in [2.75, 3.05) is 0 Å². The van der Waals surface area contributed by atoms with Gasteiger partial charge in [0.25, 0.3) is 0 Å². The van der Waals surface area contributed by atoms with Crippen LogP contribution in [0.5, 0.6) is 11.5 Å². The van der Waals surface area contributed by atoms with Gasteiger partial charge in [0.15, 0.2) is 0 Å². The average molecular weight is 766 g/mol. The molecule has 0 bridgehead atoms. The van der Waals surface area contributed by atoms with Gasteiger partial charge in [0, 0.05) is 66.0 Å². The first-order chi connectivity index (χ1) is 29.8. The average Bonchev–Trinajstić information content (AvgIpc) is 3.96. The monoisotopic (exact) mass is 765 g/mol. The van der Waals surface area contributed by atoms with Crippen LogP contribution in [0.1, 0.15) is 0 Å². The summed E-state index contributed by atoms with van der Waals surface area (Å²) in [5, 5.41) is 7.31. The zero-order chi connectivity index (χ0) is 39.1. The number of fused-ring (bicyclic) bond motifs is 16. The molecule has 3 aromatic heterocycles. The van der Waals surface area contributed by atoms with Gasteiger partial charge in [0.2, 0.25) is 0 Å². The second-order valence-corrected chi connectivity index (χ2v) is 15.9. The predicted molar refractivity (Wildman–Crippen MR) is 247 cm³/mol. The number of para-hydroxylation sites is 7. The zero-order valence-electron chi connectivity index (χ0n) is 32.2. The Morgan fingerprint density at radius 3 is 1.10 bits per heavy atom. The maximum absolute atomic E-state index is 6.62.